The first-order valence-corrected chi connectivity index (χ1v) is 13.8. The molecular formula is C31H32N2O3S. The van der Waals surface area contributed by atoms with Gasteiger partial charge in [-0.3, -0.25) is 9.10 Å². The van der Waals surface area contributed by atoms with Crippen molar-refractivity contribution in [3.8, 4) is 0 Å². The summed E-state index contributed by atoms with van der Waals surface area (Å²) < 4.78 is 28.6. The molecule has 5 nitrogen and oxygen atoms in total. The fourth-order valence-electron chi connectivity index (χ4n) is 4.29. The number of carbonyl (C=O) groups excluding carboxylic acids is 1. The molecule has 0 aliphatic rings. The van der Waals surface area contributed by atoms with Gasteiger partial charge in [0, 0.05) is 0 Å². The standard InChI is InChI=1S/C31H32N2O3S/c1-23(2)25-18-20-27(21-19-25)33(37(35,36)28-15-8-5-9-16-28)22-30(34)32-31(26-13-6-4-7-14-26)29-17-11-10-12-24(29)3/h4-21,23,31H,22H2,1-3H3,(H,32,34). The van der Waals surface area contributed by atoms with Crippen molar-refractivity contribution < 1.29 is 13.2 Å². The lowest BCUT2D eigenvalue weighted by Gasteiger charge is -2.27. The summed E-state index contributed by atoms with van der Waals surface area (Å²) in [6.45, 7) is 5.81. The third-order valence-electron chi connectivity index (χ3n) is 6.40. The van der Waals surface area contributed by atoms with Crippen LogP contribution in [0.4, 0.5) is 5.69 Å². The van der Waals surface area contributed by atoms with E-state index >= 15 is 0 Å². The molecule has 0 fully saturated rings. The Labute approximate surface area is 219 Å². The van der Waals surface area contributed by atoms with Crippen molar-refractivity contribution in [3.63, 3.8) is 0 Å². The number of nitrogens with zero attached hydrogens (tertiary/aromatic N) is 1. The van der Waals surface area contributed by atoms with E-state index in [4.69, 9.17) is 0 Å². The largest absolute Gasteiger partial charge is 0.344 e. The Morgan fingerprint density at radius 3 is 1.92 bits per heavy atom. The van der Waals surface area contributed by atoms with Crippen LogP contribution in [0.2, 0.25) is 0 Å². The third-order valence-corrected chi connectivity index (χ3v) is 8.19. The van der Waals surface area contributed by atoms with Gasteiger partial charge in [0.15, 0.2) is 0 Å². The Morgan fingerprint density at radius 1 is 0.757 bits per heavy atom. The van der Waals surface area contributed by atoms with Crippen LogP contribution in [0.3, 0.4) is 0 Å². The molecule has 0 spiro atoms. The molecule has 0 aromatic heterocycles. The Morgan fingerprint density at radius 2 is 1.32 bits per heavy atom. The number of aryl methyl sites for hydroxylation is 1. The molecule has 0 bridgehead atoms. The van der Waals surface area contributed by atoms with Gasteiger partial charge in [0.05, 0.1) is 16.6 Å². The van der Waals surface area contributed by atoms with Crippen LogP contribution in [-0.2, 0) is 14.8 Å². The molecule has 190 valence electrons. The molecular weight excluding hydrogens is 480 g/mol. The molecule has 0 saturated heterocycles. The van der Waals surface area contributed by atoms with Gasteiger partial charge in [0.1, 0.15) is 6.54 Å². The van der Waals surface area contributed by atoms with E-state index < -0.39 is 22.0 Å². The quantitative estimate of drug-likeness (QED) is 0.290. The molecule has 0 saturated carbocycles. The molecule has 4 aromatic rings. The maximum absolute atomic E-state index is 13.7. The maximum atomic E-state index is 13.7. The van der Waals surface area contributed by atoms with E-state index in [2.05, 4.69) is 19.2 Å². The van der Waals surface area contributed by atoms with Crippen molar-refractivity contribution in [1.29, 1.82) is 0 Å². The number of rotatable bonds is 9. The SMILES string of the molecule is Cc1ccccc1C(NC(=O)CN(c1ccc(C(C)C)cc1)S(=O)(=O)c1ccccc1)c1ccccc1. The Bertz CT molecular complexity index is 1440. The summed E-state index contributed by atoms with van der Waals surface area (Å²) in [6, 6.07) is 32.7. The lowest BCUT2D eigenvalue weighted by molar-refractivity contribution is -0.120. The van der Waals surface area contributed by atoms with Crippen LogP contribution in [0.15, 0.2) is 114 Å². The lowest BCUT2D eigenvalue weighted by atomic mass is 9.95. The van der Waals surface area contributed by atoms with Crippen molar-refractivity contribution in [1.82, 2.24) is 5.32 Å². The topological polar surface area (TPSA) is 66.5 Å². The Balaban J connectivity index is 1.69. The van der Waals surface area contributed by atoms with Crippen molar-refractivity contribution in [2.45, 2.75) is 37.6 Å². The number of amides is 1. The second-order valence-electron chi connectivity index (χ2n) is 9.34. The normalized spacial score (nSPS) is 12.2. The summed E-state index contributed by atoms with van der Waals surface area (Å²) in [5.74, 6) is -0.0955. The summed E-state index contributed by atoms with van der Waals surface area (Å²) in [6.07, 6.45) is 0. The predicted octanol–water partition coefficient (Wildman–Crippen LogP) is 6.22. The van der Waals surface area contributed by atoms with Gasteiger partial charge in [-0.25, -0.2) is 8.42 Å². The second-order valence-corrected chi connectivity index (χ2v) is 11.2. The highest BCUT2D eigenvalue weighted by Crippen LogP contribution is 2.28. The molecule has 1 N–H and O–H groups in total. The van der Waals surface area contributed by atoms with E-state index in [-0.39, 0.29) is 11.4 Å². The van der Waals surface area contributed by atoms with Crippen LogP contribution in [0.1, 0.15) is 48.1 Å². The first kappa shape index (κ1) is 26.2. The number of hydrogen-bond acceptors (Lipinski definition) is 3. The Hall–Kier alpha value is -3.90. The lowest BCUT2D eigenvalue weighted by Crippen LogP contribution is -2.42. The molecule has 0 radical (unpaired) electrons. The van der Waals surface area contributed by atoms with Gasteiger partial charge in [-0.15, -0.1) is 0 Å². The van der Waals surface area contributed by atoms with E-state index in [1.165, 1.54) is 4.31 Å². The van der Waals surface area contributed by atoms with Crippen molar-refractivity contribution in [3.05, 3.63) is 131 Å². The number of anilines is 1. The molecule has 1 atom stereocenters. The van der Waals surface area contributed by atoms with Gasteiger partial charge >= 0.3 is 0 Å². The zero-order chi connectivity index (χ0) is 26.4. The number of nitrogens with one attached hydrogen (secondary N) is 1. The molecule has 6 heteroatoms. The van der Waals surface area contributed by atoms with Crippen LogP contribution < -0.4 is 9.62 Å². The molecule has 0 aliphatic heterocycles. The summed E-state index contributed by atoms with van der Waals surface area (Å²) in [5, 5.41) is 3.10. The molecule has 1 unspecified atom stereocenters. The predicted molar refractivity (Wildman–Crippen MR) is 149 cm³/mol. The van der Waals surface area contributed by atoms with Gasteiger partial charge in [0.25, 0.3) is 10.0 Å². The average molecular weight is 513 g/mol. The minimum Gasteiger partial charge on any atom is -0.344 e. The van der Waals surface area contributed by atoms with Gasteiger partial charge in [-0.05, 0) is 59.4 Å². The van der Waals surface area contributed by atoms with Crippen molar-refractivity contribution in [2.24, 2.45) is 0 Å². The molecule has 0 aliphatic carbocycles. The summed E-state index contributed by atoms with van der Waals surface area (Å²) >= 11 is 0. The fraction of sp³-hybridized carbons (Fsp3) is 0.194. The van der Waals surface area contributed by atoms with Crippen molar-refractivity contribution in [2.75, 3.05) is 10.8 Å². The average Bonchev–Trinajstić information content (AvgIpc) is 2.92. The number of sulfonamides is 1. The first-order chi connectivity index (χ1) is 17.8. The number of benzene rings is 4. The number of hydrogen-bond donors (Lipinski definition) is 1. The van der Waals surface area contributed by atoms with Gasteiger partial charge in [-0.2, -0.15) is 0 Å². The minimum atomic E-state index is -3.98. The van der Waals surface area contributed by atoms with Crippen LogP contribution in [-0.4, -0.2) is 20.9 Å². The molecule has 0 heterocycles. The van der Waals surface area contributed by atoms with E-state index in [1.54, 1.807) is 42.5 Å². The van der Waals surface area contributed by atoms with E-state index in [0.29, 0.717) is 11.6 Å². The van der Waals surface area contributed by atoms with Crippen LogP contribution in [0.5, 0.6) is 0 Å². The van der Waals surface area contributed by atoms with Crippen LogP contribution >= 0.6 is 0 Å². The second kappa shape index (κ2) is 11.4. The third kappa shape index (κ3) is 6.09. The van der Waals surface area contributed by atoms with E-state index in [0.717, 1.165) is 22.3 Å². The molecule has 4 aromatic carbocycles. The fourth-order valence-corrected chi connectivity index (χ4v) is 5.74. The first-order valence-electron chi connectivity index (χ1n) is 12.3. The summed E-state index contributed by atoms with van der Waals surface area (Å²) in [7, 11) is -3.98. The van der Waals surface area contributed by atoms with Crippen molar-refractivity contribution >= 4 is 21.6 Å². The zero-order valence-electron chi connectivity index (χ0n) is 21.3. The molecule has 4 rings (SSSR count). The van der Waals surface area contributed by atoms with Gasteiger partial charge < -0.3 is 5.32 Å². The highest BCUT2D eigenvalue weighted by Gasteiger charge is 2.28. The maximum Gasteiger partial charge on any atom is 0.264 e. The Kier molecular flexibility index (Phi) is 8.09. The summed E-state index contributed by atoms with van der Waals surface area (Å²) in [4.78, 5) is 13.7. The van der Waals surface area contributed by atoms with E-state index in [1.807, 2.05) is 73.7 Å². The number of carbonyl (C=O) groups is 1. The van der Waals surface area contributed by atoms with Gasteiger partial charge in [0.2, 0.25) is 5.91 Å². The van der Waals surface area contributed by atoms with Gasteiger partial charge in [-0.1, -0.05) is 98.8 Å². The minimum absolute atomic E-state index is 0.134. The summed E-state index contributed by atoms with van der Waals surface area (Å²) in [5.41, 5.74) is 4.45. The smallest absolute Gasteiger partial charge is 0.264 e. The zero-order valence-corrected chi connectivity index (χ0v) is 22.2. The molecule has 1 amide bonds. The van der Waals surface area contributed by atoms with Crippen LogP contribution in [0, 0.1) is 6.92 Å². The van der Waals surface area contributed by atoms with Crippen LogP contribution in [0.25, 0.3) is 0 Å². The molecule has 37 heavy (non-hydrogen) atoms. The highest BCUT2D eigenvalue weighted by atomic mass is 32.2. The highest BCUT2D eigenvalue weighted by molar-refractivity contribution is 7.92. The van der Waals surface area contributed by atoms with E-state index in [9.17, 15) is 13.2 Å². The monoisotopic (exact) mass is 512 g/mol.